The molecule has 0 bridgehead atoms. The number of hydrogen-bond acceptors (Lipinski definition) is 6. The minimum Gasteiger partial charge on any atom is -0.381 e. The quantitative estimate of drug-likeness (QED) is 0.630. The van der Waals surface area contributed by atoms with Crippen LogP contribution in [-0.4, -0.2) is 44.9 Å². The molecule has 0 unspecified atom stereocenters. The number of rotatable bonds is 6. The molecule has 0 atom stereocenters. The Morgan fingerprint density at radius 3 is 2.44 bits per heavy atom. The summed E-state index contributed by atoms with van der Waals surface area (Å²) in [5.74, 6) is -0.163. The molecule has 1 heterocycles. The van der Waals surface area contributed by atoms with E-state index < -0.39 is 19.9 Å². The van der Waals surface area contributed by atoms with Crippen LogP contribution in [0.4, 0.5) is 5.82 Å². The third kappa shape index (κ3) is 3.96. The van der Waals surface area contributed by atoms with Crippen molar-refractivity contribution in [1.82, 2.24) is 14.3 Å². The van der Waals surface area contributed by atoms with Gasteiger partial charge in [0.25, 0.3) is 10.0 Å². The van der Waals surface area contributed by atoms with Crippen LogP contribution in [0.1, 0.15) is 6.42 Å². The number of anilines is 1. The molecular formula is C8H16N4O4S2. The highest BCUT2D eigenvalue weighted by Gasteiger charge is 2.21. The van der Waals surface area contributed by atoms with Gasteiger partial charge in [0.1, 0.15) is 9.84 Å². The fourth-order valence-electron chi connectivity index (χ4n) is 1.37. The lowest BCUT2D eigenvalue weighted by Gasteiger charge is -2.07. The minimum absolute atomic E-state index is 0.0278. The van der Waals surface area contributed by atoms with Crippen molar-refractivity contribution in [2.75, 3.05) is 24.3 Å². The van der Waals surface area contributed by atoms with Gasteiger partial charge in [-0.2, -0.15) is 0 Å². The van der Waals surface area contributed by atoms with Crippen molar-refractivity contribution in [1.29, 1.82) is 0 Å². The van der Waals surface area contributed by atoms with Gasteiger partial charge in [-0.15, -0.1) is 0 Å². The summed E-state index contributed by atoms with van der Waals surface area (Å²) in [6.45, 7) is 0.0278. The number of nitrogens with two attached hydrogens (primary N) is 1. The second-order valence-electron chi connectivity index (χ2n) is 3.93. The number of sulfone groups is 1. The van der Waals surface area contributed by atoms with Crippen molar-refractivity contribution >= 4 is 25.7 Å². The van der Waals surface area contributed by atoms with Crippen molar-refractivity contribution in [3.8, 4) is 0 Å². The third-order valence-corrected chi connectivity index (χ3v) is 4.77. The van der Waals surface area contributed by atoms with Crippen molar-refractivity contribution < 1.29 is 16.8 Å². The monoisotopic (exact) mass is 296 g/mol. The smallest absolute Gasteiger partial charge is 0.260 e. The second kappa shape index (κ2) is 5.24. The molecule has 0 saturated carbocycles. The summed E-state index contributed by atoms with van der Waals surface area (Å²) in [6, 6.07) is 0. The molecule has 0 aliphatic heterocycles. The van der Waals surface area contributed by atoms with Crippen molar-refractivity contribution in [3.05, 3.63) is 6.33 Å². The summed E-state index contributed by atoms with van der Waals surface area (Å²) in [4.78, 5) is 3.68. The standard InChI is InChI=1S/C8H16N4O4S2/c1-12-6-10-7(9)8(12)18(15,16)11-4-3-5-17(2,13)14/h6,11H,3-5,9H2,1-2H3. The van der Waals surface area contributed by atoms with Crippen LogP contribution >= 0.6 is 0 Å². The summed E-state index contributed by atoms with van der Waals surface area (Å²) < 4.78 is 49.0. The first-order valence-electron chi connectivity index (χ1n) is 5.07. The highest BCUT2D eigenvalue weighted by atomic mass is 32.2. The largest absolute Gasteiger partial charge is 0.381 e. The Labute approximate surface area is 106 Å². The fraction of sp³-hybridized carbons (Fsp3) is 0.625. The molecular weight excluding hydrogens is 280 g/mol. The van der Waals surface area contributed by atoms with Crippen LogP contribution in [0.25, 0.3) is 0 Å². The molecule has 1 aromatic rings. The summed E-state index contributed by atoms with van der Waals surface area (Å²) in [5, 5.41) is -0.123. The number of nitrogens with one attached hydrogen (secondary N) is 1. The lowest BCUT2D eigenvalue weighted by molar-refractivity contribution is 0.569. The van der Waals surface area contributed by atoms with Gasteiger partial charge in [-0.1, -0.05) is 0 Å². The third-order valence-electron chi connectivity index (χ3n) is 2.15. The molecule has 1 rings (SSSR count). The summed E-state index contributed by atoms with van der Waals surface area (Å²) in [6.07, 6.45) is 2.59. The zero-order valence-electron chi connectivity index (χ0n) is 10.1. The SMILES string of the molecule is Cn1cnc(N)c1S(=O)(=O)NCCCS(C)(=O)=O. The number of hydrogen-bond donors (Lipinski definition) is 2. The number of nitrogens with zero attached hydrogens (tertiary/aromatic N) is 2. The Bertz CT molecular complexity index is 598. The zero-order valence-corrected chi connectivity index (χ0v) is 11.8. The van der Waals surface area contributed by atoms with Crippen LogP contribution in [0, 0.1) is 0 Å². The second-order valence-corrected chi connectivity index (χ2v) is 7.87. The molecule has 0 radical (unpaired) electrons. The van der Waals surface area contributed by atoms with Crippen LogP contribution in [0.3, 0.4) is 0 Å². The van der Waals surface area contributed by atoms with E-state index in [1.807, 2.05) is 0 Å². The van der Waals surface area contributed by atoms with Crippen molar-refractivity contribution in [3.63, 3.8) is 0 Å². The first-order valence-corrected chi connectivity index (χ1v) is 8.62. The van der Waals surface area contributed by atoms with E-state index in [0.717, 1.165) is 6.26 Å². The molecule has 3 N–H and O–H groups in total. The lowest BCUT2D eigenvalue weighted by Crippen LogP contribution is -2.28. The maximum absolute atomic E-state index is 11.9. The maximum Gasteiger partial charge on any atom is 0.260 e. The van der Waals surface area contributed by atoms with Gasteiger partial charge in [-0.05, 0) is 6.42 Å². The van der Waals surface area contributed by atoms with E-state index in [1.165, 1.54) is 17.9 Å². The molecule has 8 nitrogen and oxygen atoms in total. The molecule has 0 fully saturated rings. The summed E-state index contributed by atoms with van der Waals surface area (Å²) in [7, 11) is -5.35. The van der Waals surface area contributed by atoms with E-state index in [2.05, 4.69) is 9.71 Å². The molecule has 10 heteroatoms. The van der Waals surface area contributed by atoms with Crippen LogP contribution in [0.2, 0.25) is 0 Å². The van der Waals surface area contributed by atoms with Gasteiger partial charge >= 0.3 is 0 Å². The van der Waals surface area contributed by atoms with Gasteiger partial charge < -0.3 is 10.3 Å². The normalized spacial score (nSPS) is 12.8. The zero-order chi connectivity index (χ0) is 14.0. The minimum atomic E-state index is -3.77. The number of nitrogen functional groups attached to an aromatic ring is 1. The Balaban J connectivity index is 2.67. The average Bonchev–Trinajstić information content (AvgIpc) is 2.52. The topological polar surface area (TPSA) is 124 Å². The highest BCUT2D eigenvalue weighted by molar-refractivity contribution is 7.90. The predicted octanol–water partition coefficient (Wildman–Crippen LogP) is -1.28. The Morgan fingerprint density at radius 2 is 2.00 bits per heavy atom. The fourth-order valence-corrected chi connectivity index (χ4v) is 3.35. The van der Waals surface area contributed by atoms with E-state index in [4.69, 9.17) is 5.73 Å². The van der Waals surface area contributed by atoms with Gasteiger partial charge in [0, 0.05) is 19.8 Å². The molecule has 0 aliphatic carbocycles. The van der Waals surface area contributed by atoms with Crippen LogP contribution in [-0.2, 0) is 26.9 Å². The molecule has 1 aromatic heterocycles. The maximum atomic E-state index is 11.9. The predicted molar refractivity (Wildman–Crippen MR) is 67.1 cm³/mol. The van der Waals surface area contributed by atoms with Gasteiger partial charge in [0.2, 0.25) is 0 Å². The molecule has 0 aromatic carbocycles. The van der Waals surface area contributed by atoms with Gasteiger partial charge in [0.15, 0.2) is 10.8 Å². The summed E-state index contributed by atoms with van der Waals surface area (Å²) in [5.41, 5.74) is 5.45. The average molecular weight is 296 g/mol. The number of aromatic nitrogens is 2. The van der Waals surface area contributed by atoms with Gasteiger partial charge in [-0.3, -0.25) is 0 Å². The number of aryl methyl sites for hydroxylation is 1. The van der Waals surface area contributed by atoms with Crippen molar-refractivity contribution in [2.24, 2.45) is 7.05 Å². The van der Waals surface area contributed by atoms with E-state index in [-0.39, 0.29) is 29.6 Å². The molecule has 0 amide bonds. The summed E-state index contributed by atoms with van der Waals surface area (Å²) >= 11 is 0. The number of imidazole rings is 1. The molecule has 0 saturated heterocycles. The molecule has 0 aliphatic rings. The molecule has 104 valence electrons. The van der Waals surface area contributed by atoms with Crippen LogP contribution < -0.4 is 10.5 Å². The van der Waals surface area contributed by atoms with E-state index in [9.17, 15) is 16.8 Å². The number of sulfonamides is 1. The van der Waals surface area contributed by atoms with Crippen molar-refractivity contribution in [2.45, 2.75) is 11.4 Å². The Kier molecular flexibility index (Phi) is 4.35. The lowest BCUT2D eigenvalue weighted by atomic mass is 10.5. The van der Waals surface area contributed by atoms with E-state index in [0.29, 0.717) is 0 Å². The van der Waals surface area contributed by atoms with Gasteiger partial charge in [0.05, 0.1) is 12.1 Å². The Hall–Kier alpha value is -1.13. The van der Waals surface area contributed by atoms with Gasteiger partial charge in [-0.25, -0.2) is 26.5 Å². The van der Waals surface area contributed by atoms with E-state index >= 15 is 0 Å². The first kappa shape index (κ1) is 14.9. The van der Waals surface area contributed by atoms with Crippen LogP contribution in [0.15, 0.2) is 11.4 Å². The van der Waals surface area contributed by atoms with Crippen LogP contribution in [0.5, 0.6) is 0 Å². The molecule has 0 spiro atoms. The first-order chi connectivity index (χ1) is 8.13. The highest BCUT2D eigenvalue weighted by Crippen LogP contribution is 2.14. The van der Waals surface area contributed by atoms with E-state index in [1.54, 1.807) is 0 Å². The molecule has 18 heavy (non-hydrogen) atoms. The Morgan fingerprint density at radius 1 is 1.39 bits per heavy atom.